The second-order valence-corrected chi connectivity index (χ2v) is 8.09. The van der Waals surface area contributed by atoms with Crippen LogP contribution in [0, 0.1) is 11.3 Å². The Kier molecular flexibility index (Phi) is 7.12. The highest BCUT2D eigenvalue weighted by Crippen LogP contribution is 2.33. The number of allylic oxidation sites excluding steroid dienone is 1. The summed E-state index contributed by atoms with van der Waals surface area (Å²) >= 11 is 7.30. The molecule has 1 amide bonds. The fourth-order valence-electron chi connectivity index (χ4n) is 3.40. The van der Waals surface area contributed by atoms with Crippen LogP contribution in [0.2, 0.25) is 5.02 Å². The van der Waals surface area contributed by atoms with Crippen molar-refractivity contribution in [3.8, 4) is 6.07 Å². The summed E-state index contributed by atoms with van der Waals surface area (Å²) in [4.78, 5) is 12.4. The number of hydrogen-bond acceptors (Lipinski definition) is 5. The number of nitrogens with zero attached hydrogens (tertiary/aromatic N) is 4. The molecule has 3 rings (SSSR count). The number of nitriles is 1. The highest BCUT2D eigenvalue weighted by atomic mass is 35.5. The van der Waals surface area contributed by atoms with Gasteiger partial charge in [0.05, 0.1) is 17.0 Å². The number of amides is 1. The van der Waals surface area contributed by atoms with Crippen LogP contribution in [0.25, 0.3) is 0 Å². The van der Waals surface area contributed by atoms with Gasteiger partial charge < -0.3 is 9.88 Å². The molecule has 1 aromatic heterocycles. The van der Waals surface area contributed by atoms with Crippen molar-refractivity contribution in [3.63, 3.8) is 0 Å². The third-order valence-electron chi connectivity index (χ3n) is 4.74. The van der Waals surface area contributed by atoms with E-state index in [9.17, 15) is 10.1 Å². The van der Waals surface area contributed by atoms with Crippen LogP contribution in [0.5, 0.6) is 0 Å². The molecule has 1 fully saturated rings. The minimum absolute atomic E-state index is 0.164. The van der Waals surface area contributed by atoms with Crippen molar-refractivity contribution in [2.24, 2.45) is 0 Å². The fourth-order valence-corrected chi connectivity index (χ4v) is 4.33. The lowest BCUT2D eigenvalue weighted by molar-refractivity contribution is -0.113. The quantitative estimate of drug-likeness (QED) is 0.520. The number of aromatic nitrogens is 3. The van der Waals surface area contributed by atoms with Gasteiger partial charge in [-0.1, -0.05) is 48.7 Å². The lowest BCUT2D eigenvalue weighted by atomic mass is 9.89. The fraction of sp³-hybridized carbons (Fsp3) is 0.400. The summed E-state index contributed by atoms with van der Waals surface area (Å²) in [5, 5.41) is 21.8. The van der Waals surface area contributed by atoms with E-state index in [1.54, 1.807) is 18.2 Å². The van der Waals surface area contributed by atoms with Gasteiger partial charge in [-0.2, -0.15) is 5.26 Å². The lowest BCUT2D eigenvalue weighted by Gasteiger charge is -2.21. The van der Waals surface area contributed by atoms with Crippen LogP contribution in [0.4, 0.5) is 5.69 Å². The number of nitrogens with one attached hydrogen (secondary N) is 1. The molecule has 1 aromatic carbocycles. The van der Waals surface area contributed by atoms with Gasteiger partial charge in [0, 0.05) is 17.5 Å². The van der Waals surface area contributed by atoms with E-state index in [1.807, 2.05) is 12.1 Å². The molecule has 1 aliphatic rings. The standard InChI is InChI=1S/C20H22ClN5OS/c1-2-10-26-19(14-6-4-3-5-7-14)24-25-20(26)28-13-18(27)23-17-11-16(21)9-8-15(17)12-22/h2,8-9,11,14H,1,3-7,10,13H2,(H,23,27). The highest BCUT2D eigenvalue weighted by Gasteiger charge is 2.23. The predicted octanol–water partition coefficient (Wildman–Crippen LogP) is 4.77. The Labute approximate surface area is 174 Å². The molecule has 1 N–H and O–H groups in total. The molecule has 2 aromatic rings. The molecule has 0 bridgehead atoms. The topological polar surface area (TPSA) is 83.6 Å². The lowest BCUT2D eigenvalue weighted by Crippen LogP contribution is -2.16. The predicted molar refractivity (Wildman–Crippen MR) is 112 cm³/mol. The Morgan fingerprint density at radius 1 is 1.39 bits per heavy atom. The first kappa shape index (κ1) is 20.4. The maximum atomic E-state index is 12.4. The summed E-state index contributed by atoms with van der Waals surface area (Å²) in [6.45, 7) is 4.45. The Morgan fingerprint density at radius 2 is 2.18 bits per heavy atom. The van der Waals surface area contributed by atoms with Crippen LogP contribution in [0.15, 0.2) is 36.0 Å². The van der Waals surface area contributed by atoms with E-state index in [4.69, 9.17) is 11.6 Å². The van der Waals surface area contributed by atoms with E-state index in [0.29, 0.717) is 33.9 Å². The minimum atomic E-state index is -0.226. The van der Waals surface area contributed by atoms with Gasteiger partial charge in [-0.15, -0.1) is 16.8 Å². The zero-order chi connectivity index (χ0) is 19.9. The number of anilines is 1. The normalized spacial score (nSPS) is 14.4. The summed E-state index contributed by atoms with van der Waals surface area (Å²) in [6.07, 6.45) is 7.81. The Hall–Kier alpha value is -2.30. The van der Waals surface area contributed by atoms with Crippen molar-refractivity contribution in [2.75, 3.05) is 11.1 Å². The zero-order valence-corrected chi connectivity index (χ0v) is 17.1. The third kappa shape index (κ3) is 4.94. The molecule has 1 saturated carbocycles. The molecule has 146 valence electrons. The van der Waals surface area contributed by atoms with Gasteiger partial charge in [-0.25, -0.2) is 0 Å². The van der Waals surface area contributed by atoms with Gasteiger partial charge in [-0.3, -0.25) is 4.79 Å². The monoisotopic (exact) mass is 415 g/mol. The molecule has 1 heterocycles. The minimum Gasteiger partial charge on any atom is -0.324 e. The highest BCUT2D eigenvalue weighted by molar-refractivity contribution is 7.99. The summed E-state index contributed by atoms with van der Waals surface area (Å²) in [5.41, 5.74) is 0.785. The second-order valence-electron chi connectivity index (χ2n) is 6.71. The third-order valence-corrected chi connectivity index (χ3v) is 5.94. The molecular formula is C20H22ClN5OS. The van der Waals surface area contributed by atoms with Crippen LogP contribution in [-0.4, -0.2) is 26.4 Å². The van der Waals surface area contributed by atoms with E-state index in [2.05, 4.69) is 26.7 Å². The molecule has 28 heavy (non-hydrogen) atoms. The van der Waals surface area contributed by atoms with Gasteiger partial charge in [0.1, 0.15) is 11.9 Å². The van der Waals surface area contributed by atoms with E-state index >= 15 is 0 Å². The molecule has 0 unspecified atom stereocenters. The first-order chi connectivity index (χ1) is 13.6. The van der Waals surface area contributed by atoms with Crippen molar-refractivity contribution < 1.29 is 4.79 Å². The molecule has 0 saturated heterocycles. The van der Waals surface area contributed by atoms with Crippen molar-refractivity contribution in [3.05, 3.63) is 47.3 Å². The second kappa shape index (κ2) is 9.76. The molecule has 1 aliphatic carbocycles. The summed E-state index contributed by atoms with van der Waals surface area (Å²) < 4.78 is 2.06. The average molecular weight is 416 g/mol. The molecule has 6 nitrogen and oxygen atoms in total. The SMILES string of the molecule is C=CCn1c(SCC(=O)Nc2cc(Cl)ccc2C#N)nnc1C1CCCCC1. The maximum absolute atomic E-state index is 12.4. The number of benzene rings is 1. The van der Waals surface area contributed by atoms with E-state index < -0.39 is 0 Å². The first-order valence-electron chi connectivity index (χ1n) is 9.28. The molecule has 0 atom stereocenters. The van der Waals surface area contributed by atoms with Crippen LogP contribution in [-0.2, 0) is 11.3 Å². The molecule has 0 aliphatic heterocycles. The van der Waals surface area contributed by atoms with Crippen LogP contribution in [0.1, 0.15) is 49.4 Å². The number of carbonyl (C=O) groups is 1. The van der Waals surface area contributed by atoms with Crippen molar-refractivity contribution in [2.45, 2.75) is 49.7 Å². The first-order valence-corrected chi connectivity index (χ1v) is 10.6. The average Bonchev–Trinajstić information content (AvgIpc) is 3.10. The van der Waals surface area contributed by atoms with Gasteiger partial charge in [0.15, 0.2) is 5.16 Å². The van der Waals surface area contributed by atoms with Crippen molar-refractivity contribution in [1.82, 2.24) is 14.8 Å². The molecule has 8 heteroatoms. The summed E-state index contributed by atoms with van der Waals surface area (Å²) in [7, 11) is 0. The van der Waals surface area contributed by atoms with Crippen LogP contribution in [0.3, 0.4) is 0 Å². The van der Waals surface area contributed by atoms with Gasteiger partial charge in [0.2, 0.25) is 5.91 Å². The summed E-state index contributed by atoms with van der Waals surface area (Å²) in [6, 6.07) is 6.83. The van der Waals surface area contributed by atoms with Gasteiger partial charge in [-0.05, 0) is 31.0 Å². The number of hydrogen-bond donors (Lipinski definition) is 1. The van der Waals surface area contributed by atoms with Crippen LogP contribution >= 0.6 is 23.4 Å². The van der Waals surface area contributed by atoms with Crippen molar-refractivity contribution >= 4 is 35.0 Å². The number of carbonyl (C=O) groups excluding carboxylic acids is 1. The van der Waals surface area contributed by atoms with Crippen LogP contribution < -0.4 is 5.32 Å². The van der Waals surface area contributed by atoms with E-state index in [0.717, 1.165) is 18.7 Å². The Morgan fingerprint density at radius 3 is 2.89 bits per heavy atom. The maximum Gasteiger partial charge on any atom is 0.234 e. The number of rotatable bonds is 7. The summed E-state index contributed by atoms with van der Waals surface area (Å²) in [5.74, 6) is 1.35. The molecule has 0 radical (unpaired) electrons. The zero-order valence-electron chi connectivity index (χ0n) is 15.5. The molecule has 0 spiro atoms. The van der Waals surface area contributed by atoms with Crippen molar-refractivity contribution in [1.29, 1.82) is 5.26 Å². The Bertz CT molecular complexity index is 898. The largest absolute Gasteiger partial charge is 0.324 e. The van der Waals surface area contributed by atoms with Gasteiger partial charge in [0.25, 0.3) is 0 Å². The van der Waals surface area contributed by atoms with E-state index in [-0.39, 0.29) is 11.7 Å². The smallest absolute Gasteiger partial charge is 0.234 e. The number of thioether (sulfide) groups is 1. The molecular weight excluding hydrogens is 394 g/mol. The van der Waals surface area contributed by atoms with E-state index in [1.165, 1.54) is 31.0 Å². The Balaban J connectivity index is 1.68. The van der Waals surface area contributed by atoms with Gasteiger partial charge >= 0.3 is 0 Å². The number of halogens is 1.